The monoisotopic (exact) mass is 444 g/mol. The quantitative estimate of drug-likeness (QED) is 0.616. The molecule has 3 aromatic rings. The number of amides is 1. The summed E-state index contributed by atoms with van der Waals surface area (Å²) in [6, 6.07) is 17.1. The number of halogens is 1. The topological polar surface area (TPSA) is 93.7 Å². The van der Waals surface area contributed by atoms with E-state index < -0.39 is 10.0 Å². The molecule has 1 amide bonds. The zero-order valence-electron chi connectivity index (χ0n) is 15.6. The van der Waals surface area contributed by atoms with E-state index in [4.69, 9.17) is 21.1 Å². The van der Waals surface area contributed by atoms with Gasteiger partial charge in [0.05, 0.1) is 4.90 Å². The number of fused-ring (bicyclic) bond motifs is 1. The summed E-state index contributed by atoms with van der Waals surface area (Å²) in [6.07, 6.45) is 0. The Morgan fingerprint density at radius 1 is 0.833 bits per heavy atom. The predicted molar refractivity (Wildman–Crippen MR) is 114 cm³/mol. The summed E-state index contributed by atoms with van der Waals surface area (Å²) in [6.45, 7) is 0.936. The maximum absolute atomic E-state index is 12.5. The predicted octanol–water partition coefficient (Wildman–Crippen LogP) is 4.16. The molecule has 9 heteroatoms. The van der Waals surface area contributed by atoms with Crippen LogP contribution in [0.2, 0.25) is 5.02 Å². The van der Waals surface area contributed by atoms with Crippen molar-refractivity contribution in [3.8, 4) is 11.5 Å². The third-order valence-corrected chi connectivity index (χ3v) is 5.97. The van der Waals surface area contributed by atoms with Gasteiger partial charge in [-0.3, -0.25) is 9.52 Å². The lowest BCUT2D eigenvalue weighted by molar-refractivity contribution is 0.102. The van der Waals surface area contributed by atoms with Gasteiger partial charge in [-0.15, -0.1) is 0 Å². The van der Waals surface area contributed by atoms with E-state index in [0.29, 0.717) is 46.7 Å². The van der Waals surface area contributed by atoms with Crippen molar-refractivity contribution in [2.75, 3.05) is 23.3 Å². The molecule has 0 atom stereocenters. The summed E-state index contributed by atoms with van der Waals surface area (Å²) in [5.41, 5.74) is 1.25. The lowest BCUT2D eigenvalue weighted by Gasteiger charge is -2.19. The van der Waals surface area contributed by atoms with E-state index >= 15 is 0 Å². The average molecular weight is 445 g/mol. The number of hydrogen-bond acceptors (Lipinski definition) is 5. The van der Waals surface area contributed by atoms with Crippen LogP contribution in [-0.2, 0) is 10.0 Å². The molecule has 154 valence electrons. The van der Waals surface area contributed by atoms with Crippen LogP contribution >= 0.6 is 11.6 Å². The fraction of sp³-hybridized carbons (Fsp3) is 0.0952. The molecule has 1 aliphatic heterocycles. The summed E-state index contributed by atoms with van der Waals surface area (Å²) in [7, 11) is -3.79. The Labute approximate surface area is 178 Å². The summed E-state index contributed by atoms with van der Waals surface area (Å²) in [4.78, 5) is 12.5. The number of carbonyl (C=O) groups is 1. The molecule has 2 N–H and O–H groups in total. The standard InChI is InChI=1S/C21H17ClN2O5S/c22-15-3-5-16(6-4-15)24-30(26,27)18-8-1-14(2-9-18)21(25)23-17-7-10-19-20(13-17)29-12-11-28-19/h1-10,13,24H,11-12H2,(H,23,25). The molecular weight excluding hydrogens is 428 g/mol. The molecule has 7 nitrogen and oxygen atoms in total. The number of carbonyl (C=O) groups excluding carboxylic acids is 1. The van der Waals surface area contributed by atoms with Crippen LogP contribution in [0.3, 0.4) is 0 Å². The van der Waals surface area contributed by atoms with Crippen LogP contribution in [0.4, 0.5) is 11.4 Å². The molecule has 0 spiro atoms. The van der Waals surface area contributed by atoms with Gasteiger partial charge in [-0.1, -0.05) is 11.6 Å². The summed E-state index contributed by atoms with van der Waals surface area (Å²) in [5, 5.41) is 3.27. The Hall–Kier alpha value is -3.23. The Bertz CT molecular complexity index is 1180. The van der Waals surface area contributed by atoms with E-state index in [1.54, 1.807) is 42.5 Å². The van der Waals surface area contributed by atoms with Crippen molar-refractivity contribution in [3.05, 3.63) is 77.3 Å². The first-order valence-electron chi connectivity index (χ1n) is 9.00. The van der Waals surface area contributed by atoms with E-state index in [1.165, 1.54) is 24.3 Å². The molecule has 0 saturated carbocycles. The highest BCUT2D eigenvalue weighted by Gasteiger charge is 2.16. The Kier molecular flexibility index (Phi) is 5.52. The van der Waals surface area contributed by atoms with E-state index in [9.17, 15) is 13.2 Å². The molecule has 0 radical (unpaired) electrons. The lowest BCUT2D eigenvalue weighted by Crippen LogP contribution is -2.17. The van der Waals surface area contributed by atoms with Crippen LogP contribution in [0.25, 0.3) is 0 Å². The van der Waals surface area contributed by atoms with Gasteiger partial charge in [-0.2, -0.15) is 0 Å². The molecule has 1 heterocycles. The third kappa shape index (κ3) is 4.50. The highest BCUT2D eigenvalue weighted by Crippen LogP contribution is 2.32. The van der Waals surface area contributed by atoms with Gasteiger partial charge in [0, 0.05) is 28.0 Å². The van der Waals surface area contributed by atoms with Crippen LogP contribution in [-0.4, -0.2) is 27.5 Å². The highest BCUT2D eigenvalue weighted by molar-refractivity contribution is 7.92. The minimum Gasteiger partial charge on any atom is -0.486 e. The zero-order valence-corrected chi connectivity index (χ0v) is 17.2. The molecular formula is C21H17ClN2O5S. The first-order chi connectivity index (χ1) is 14.4. The average Bonchev–Trinajstić information content (AvgIpc) is 2.75. The summed E-state index contributed by atoms with van der Waals surface area (Å²) >= 11 is 5.81. The fourth-order valence-electron chi connectivity index (χ4n) is 2.84. The molecule has 0 bridgehead atoms. The Morgan fingerprint density at radius 2 is 1.47 bits per heavy atom. The van der Waals surface area contributed by atoms with E-state index in [-0.39, 0.29) is 10.8 Å². The summed E-state index contributed by atoms with van der Waals surface area (Å²) in [5.74, 6) is 0.817. The van der Waals surface area contributed by atoms with Gasteiger partial charge in [0.25, 0.3) is 15.9 Å². The van der Waals surface area contributed by atoms with Gasteiger partial charge < -0.3 is 14.8 Å². The van der Waals surface area contributed by atoms with Crippen molar-refractivity contribution in [1.82, 2.24) is 0 Å². The Balaban J connectivity index is 1.46. The normalized spacial score (nSPS) is 12.8. The van der Waals surface area contributed by atoms with Crippen LogP contribution in [0.15, 0.2) is 71.6 Å². The smallest absolute Gasteiger partial charge is 0.261 e. The van der Waals surface area contributed by atoms with E-state index in [1.807, 2.05) is 0 Å². The van der Waals surface area contributed by atoms with Crippen LogP contribution in [0, 0.1) is 0 Å². The Morgan fingerprint density at radius 3 is 2.17 bits per heavy atom. The van der Waals surface area contributed by atoms with E-state index in [2.05, 4.69) is 10.0 Å². The van der Waals surface area contributed by atoms with Crippen molar-refractivity contribution < 1.29 is 22.7 Å². The van der Waals surface area contributed by atoms with Gasteiger partial charge in [0.1, 0.15) is 13.2 Å². The van der Waals surface area contributed by atoms with Gasteiger partial charge >= 0.3 is 0 Å². The molecule has 0 saturated heterocycles. The molecule has 4 rings (SSSR count). The molecule has 0 aromatic heterocycles. The lowest BCUT2D eigenvalue weighted by atomic mass is 10.2. The fourth-order valence-corrected chi connectivity index (χ4v) is 4.03. The first kappa shape index (κ1) is 20.1. The van der Waals surface area contributed by atoms with Gasteiger partial charge in [-0.25, -0.2) is 8.42 Å². The van der Waals surface area contributed by atoms with Crippen molar-refractivity contribution in [2.45, 2.75) is 4.90 Å². The maximum Gasteiger partial charge on any atom is 0.261 e. The third-order valence-electron chi connectivity index (χ3n) is 4.32. The van der Waals surface area contributed by atoms with Crippen molar-refractivity contribution in [1.29, 1.82) is 0 Å². The largest absolute Gasteiger partial charge is 0.486 e. The molecule has 30 heavy (non-hydrogen) atoms. The number of ether oxygens (including phenoxy) is 2. The first-order valence-corrected chi connectivity index (χ1v) is 10.9. The second-order valence-corrected chi connectivity index (χ2v) is 8.57. The van der Waals surface area contributed by atoms with Crippen molar-refractivity contribution in [3.63, 3.8) is 0 Å². The molecule has 0 unspecified atom stereocenters. The van der Waals surface area contributed by atoms with Gasteiger partial charge in [0.15, 0.2) is 11.5 Å². The van der Waals surface area contributed by atoms with Crippen molar-refractivity contribution >= 4 is 38.9 Å². The van der Waals surface area contributed by atoms with Crippen molar-refractivity contribution in [2.24, 2.45) is 0 Å². The SMILES string of the molecule is O=C(Nc1ccc2c(c1)OCCO2)c1ccc(S(=O)(=O)Nc2ccc(Cl)cc2)cc1. The highest BCUT2D eigenvalue weighted by atomic mass is 35.5. The minimum absolute atomic E-state index is 0.0355. The molecule has 3 aromatic carbocycles. The molecule has 0 fully saturated rings. The minimum atomic E-state index is -3.79. The molecule has 1 aliphatic rings. The second-order valence-electron chi connectivity index (χ2n) is 6.45. The number of nitrogens with one attached hydrogen (secondary N) is 2. The number of anilines is 2. The number of hydrogen-bond donors (Lipinski definition) is 2. The van der Waals surface area contributed by atoms with Crippen LogP contribution in [0.5, 0.6) is 11.5 Å². The zero-order chi connectivity index (χ0) is 21.1. The van der Waals surface area contributed by atoms with Crippen LogP contribution in [0.1, 0.15) is 10.4 Å². The number of rotatable bonds is 5. The van der Waals surface area contributed by atoms with Crippen LogP contribution < -0.4 is 19.5 Å². The number of sulfonamides is 1. The maximum atomic E-state index is 12.5. The van der Waals surface area contributed by atoms with E-state index in [0.717, 1.165) is 0 Å². The number of benzene rings is 3. The molecule has 0 aliphatic carbocycles. The van der Waals surface area contributed by atoms with Gasteiger partial charge in [-0.05, 0) is 60.7 Å². The summed E-state index contributed by atoms with van der Waals surface area (Å²) < 4.78 is 38.5. The second kappa shape index (κ2) is 8.25. The van der Waals surface area contributed by atoms with Gasteiger partial charge in [0.2, 0.25) is 0 Å².